The number of amides is 1. The van der Waals surface area contributed by atoms with E-state index >= 15 is 0 Å². The zero-order chi connectivity index (χ0) is 17.9. The topological polar surface area (TPSA) is 86.9 Å². The Labute approximate surface area is 149 Å². The highest BCUT2D eigenvalue weighted by Crippen LogP contribution is 2.22. The third-order valence-electron chi connectivity index (χ3n) is 3.57. The third-order valence-corrected chi connectivity index (χ3v) is 4.05. The Morgan fingerprint density at radius 3 is 2.75 bits per heavy atom. The first-order chi connectivity index (χ1) is 11.3. The number of fused-ring (bicyclic) bond motifs is 1. The first-order valence-corrected chi connectivity index (χ1v) is 8.07. The molecule has 0 fully saturated rings. The Kier molecular flexibility index (Phi) is 6.04. The van der Waals surface area contributed by atoms with Gasteiger partial charge < -0.3 is 14.8 Å². The van der Waals surface area contributed by atoms with Crippen LogP contribution in [-0.4, -0.2) is 50.4 Å². The van der Waals surface area contributed by atoms with Gasteiger partial charge in [-0.2, -0.15) is 0 Å². The highest BCUT2D eigenvalue weighted by molar-refractivity contribution is 6.36. The highest BCUT2D eigenvalue weighted by Gasteiger charge is 2.22. The van der Waals surface area contributed by atoms with Crippen LogP contribution in [0.4, 0.5) is 0 Å². The molecule has 2 heterocycles. The van der Waals surface area contributed by atoms with Gasteiger partial charge in [0.05, 0.1) is 15.7 Å². The van der Waals surface area contributed by atoms with Gasteiger partial charge in [0.2, 0.25) is 5.91 Å². The van der Waals surface area contributed by atoms with E-state index in [-0.39, 0.29) is 5.91 Å². The van der Waals surface area contributed by atoms with Crippen molar-refractivity contribution in [3.63, 3.8) is 0 Å². The number of imidazole rings is 1. The summed E-state index contributed by atoms with van der Waals surface area (Å²) in [5.74, 6) is -1.10. The SMILES string of the molecule is CC(=O)NCCN(Cc1cn2cc(Cl)cc(Cl)c2n1)C(C)C(=O)O. The van der Waals surface area contributed by atoms with Crippen LogP contribution < -0.4 is 5.32 Å². The van der Waals surface area contributed by atoms with Crippen LogP contribution in [0.25, 0.3) is 5.65 Å². The molecule has 9 heteroatoms. The summed E-state index contributed by atoms with van der Waals surface area (Å²) in [5.41, 5.74) is 1.22. The van der Waals surface area contributed by atoms with Crippen LogP contribution in [0.1, 0.15) is 19.5 Å². The molecule has 0 aliphatic heterocycles. The fourth-order valence-corrected chi connectivity index (χ4v) is 2.83. The second-order valence-corrected chi connectivity index (χ2v) is 6.28. The first-order valence-electron chi connectivity index (χ1n) is 7.32. The van der Waals surface area contributed by atoms with E-state index in [4.69, 9.17) is 23.2 Å². The van der Waals surface area contributed by atoms with Crippen LogP contribution in [0.15, 0.2) is 18.5 Å². The fourth-order valence-electron chi connectivity index (χ4n) is 2.30. The molecular formula is C15H18Cl2N4O3. The molecule has 0 bridgehead atoms. The van der Waals surface area contributed by atoms with Crippen molar-refractivity contribution in [2.24, 2.45) is 0 Å². The second kappa shape index (κ2) is 7.83. The average Bonchev–Trinajstić information content (AvgIpc) is 2.87. The Bertz CT molecular complexity index is 763. The lowest BCUT2D eigenvalue weighted by molar-refractivity contribution is -0.142. The van der Waals surface area contributed by atoms with Gasteiger partial charge in [-0.25, -0.2) is 4.98 Å². The summed E-state index contributed by atoms with van der Waals surface area (Å²) in [4.78, 5) is 28.4. The molecule has 0 saturated carbocycles. The predicted octanol–water partition coefficient (Wildman–Crippen LogP) is 2.05. The molecule has 2 N–H and O–H groups in total. The van der Waals surface area contributed by atoms with E-state index in [9.17, 15) is 14.7 Å². The van der Waals surface area contributed by atoms with Crippen LogP contribution >= 0.6 is 23.2 Å². The number of carbonyl (C=O) groups excluding carboxylic acids is 1. The fraction of sp³-hybridized carbons (Fsp3) is 0.400. The summed E-state index contributed by atoms with van der Waals surface area (Å²) in [5, 5.41) is 12.8. The van der Waals surface area contributed by atoms with Crippen molar-refractivity contribution < 1.29 is 14.7 Å². The van der Waals surface area contributed by atoms with Gasteiger partial charge in [0, 0.05) is 39.0 Å². The molecule has 2 aromatic heterocycles. The molecule has 0 saturated heterocycles. The number of rotatable bonds is 7. The van der Waals surface area contributed by atoms with Gasteiger partial charge >= 0.3 is 5.97 Å². The summed E-state index contributed by atoms with van der Waals surface area (Å²) in [6.07, 6.45) is 3.44. The summed E-state index contributed by atoms with van der Waals surface area (Å²) < 4.78 is 1.71. The molecule has 1 unspecified atom stereocenters. The van der Waals surface area contributed by atoms with Crippen molar-refractivity contribution in [2.75, 3.05) is 13.1 Å². The van der Waals surface area contributed by atoms with E-state index in [1.165, 1.54) is 6.92 Å². The Morgan fingerprint density at radius 1 is 1.42 bits per heavy atom. The van der Waals surface area contributed by atoms with E-state index in [2.05, 4.69) is 10.3 Å². The van der Waals surface area contributed by atoms with Crippen molar-refractivity contribution in [1.29, 1.82) is 0 Å². The van der Waals surface area contributed by atoms with Crippen molar-refractivity contribution in [3.8, 4) is 0 Å². The molecule has 0 radical (unpaired) electrons. The summed E-state index contributed by atoms with van der Waals surface area (Å²) >= 11 is 12.1. The predicted molar refractivity (Wildman–Crippen MR) is 91.4 cm³/mol. The van der Waals surface area contributed by atoms with Gasteiger partial charge in [0.25, 0.3) is 0 Å². The van der Waals surface area contributed by atoms with Gasteiger partial charge in [0.1, 0.15) is 6.04 Å². The van der Waals surface area contributed by atoms with E-state index in [0.717, 1.165) is 0 Å². The maximum atomic E-state index is 11.3. The number of carboxylic acids is 1. The maximum Gasteiger partial charge on any atom is 0.320 e. The monoisotopic (exact) mass is 372 g/mol. The summed E-state index contributed by atoms with van der Waals surface area (Å²) in [7, 11) is 0. The zero-order valence-corrected chi connectivity index (χ0v) is 14.8. The molecule has 2 aromatic rings. The van der Waals surface area contributed by atoms with Gasteiger partial charge in [-0.05, 0) is 13.0 Å². The van der Waals surface area contributed by atoms with Crippen molar-refractivity contribution >= 4 is 40.7 Å². The van der Waals surface area contributed by atoms with Gasteiger partial charge in [-0.3, -0.25) is 14.5 Å². The molecule has 0 aromatic carbocycles. The lowest BCUT2D eigenvalue weighted by Gasteiger charge is -2.25. The first kappa shape index (κ1) is 18.5. The zero-order valence-electron chi connectivity index (χ0n) is 13.3. The van der Waals surface area contributed by atoms with Gasteiger partial charge in [-0.15, -0.1) is 0 Å². The van der Waals surface area contributed by atoms with Crippen LogP contribution in [0.3, 0.4) is 0 Å². The van der Waals surface area contributed by atoms with Crippen molar-refractivity contribution in [3.05, 3.63) is 34.2 Å². The molecule has 2 rings (SSSR count). The minimum absolute atomic E-state index is 0.160. The second-order valence-electron chi connectivity index (χ2n) is 5.44. The molecule has 24 heavy (non-hydrogen) atoms. The largest absolute Gasteiger partial charge is 0.480 e. The molecule has 0 aliphatic rings. The van der Waals surface area contributed by atoms with Gasteiger partial charge in [0.15, 0.2) is 5.65 Å². The Balaban J connectivity index is 2.20. The molecular weight excluding hydrogens is 355 g/mol. The molecule has 7 nitrogen and oxygen atoms in total. The van der Waals surface area contributed by atoms with E-state index in [1.54, 1.807) is 34.7 Å². The van der Waals surface area contributed by atoms with Crippen molar-refractivity contribution in [2.45, 2.75) is 26.4 Å². The smallest absolute Gasteiger partial charge is 0.320 e. The number of hydrogen-bond donors (Lipinski definition) is 2. The maximum absolute atomic E-state index is 11.3. The van der Waals surface area contributed by atoms with Crippen LogP contribution in [0, 0.1) is 0 Å². The number of carboxylic acid groups (broad SMARTS) is 1. The van der Waals surface area contributed by atoms with E-state index in [0.29, 0.717) is 41.0 Å². The summed E-state index contributed by atoms with van der Waals surface area (Å²) in [6.45, 7) is 4.06. The number of aliphatic carboxylic acids is 1. The highest BCUT2D eigenvalue weighted by atomic mass is 35.5. The summed E-state index contributed by atoms with van der Waals surface area (Å²) in [6, 6.07) is 0.881. The minimum Gasteiger partial charge on any atom is -0.480 e. The number of aromatic nitrogens is 2. The van der Waals surface area contributed by atoms with E-state index in [1.807, 2.05) is 0 Å². The number of nitrogens with zero attached hydrogens (tertiary/aromatic N) is 3. The van der Waals surface area contributed by atoms with Crippen LogP contribution in [-0.2, 0) is 16.1 Å². The number of pyridine rings is 1. The van der Waals surface area contributed by atoms with Gasteiger partial charge in [-0.1, -0.05) is 23.2 Å². The number of carbonyl (C=O) groups is 2. The normalized spacial score (nSPS) is 12.5. The average molecular weight is 373 g/mol. The Morgan fingerprint density at radius 2 is 2.12 bits per heavy atom. The lowest BCUT2D eigenvalue weighted by atomic mass is 10.2. The Hall–Kier alpha value is -1.83. The van der Waals surface area contributed by atoms with Crippen LogP contribution in [0.5, 0.6) is 0 Å². The molecule has 0 spiro atoms. The standard InChI is InChI=1S/C15H18Cl2N4O3/c1-9(15(23)24)20(4-3-18-10(2)22)7-12-8-21-6-11(16)5-13(17)14(21)19-12/h5-6,8-9H,3-4,7H2,1-2H3,(H,18,22)(H,23,24). The van der Waals surface area contributed by atoms with Crippen LogP contribution in [0.2, 0.25) is 10.0 Å². The quantitative estimate of drug-likeness (QED) is 0.776. The molecule has 130 valence electrons. The lowest BCUT2D eigenvalue weighted by Crippen LogP contribution is -2.42. The molecule has 1 atom stereocenters. The van der Waals surface area contributed by atoms with Crippen molar-refractivity contribution in [1.82, 2.24) is 19.6 Å². The minimum atomic E-state index is -0.942. The number of hydrogen-bond acceptors (Lipinski definition) is 4. The number of nitrogens with one attached hydrogen (secondary N) is 1. The number of halogens is 2. The van der Waals surface area contributed by atoms with E-state index < -0.39 is 12.0 Å². The molecule has 0 aliphatic carbocycles. The third kappa shape index (κ3) is 4.59. The molecule has 1 amide bonds.